The van der Waals surface area contributed by atoms with Crippen molar-refractivity contribution in [3.63, 3.8) is 0 Å². The number of nitrogens with zero attached hydrogens (tertiary/aromatic N) is 3. The van der Waals surface area contributed by atoms with Crippen LogP contribution in [0.15, 0.2) is 58.2 Å². The fourth-order valence-electron chi connectivity index (χ4n) is 3.15. The number of nitrogens with one attached hydrogen (secondary N) is 2. The fraction of sp³-hybridized carbons (Fsp3) is 0.304. The molecule has 0 bridgehead atoms. The summed E-state index contributed by atoms with van der Waals surface area (Å²) >= 11 is 4.73. The van der Waals surface area contributed by atoms with Crippen LogP contribution in [0, 0.1) is 12.8 Å². The molecule has 2 N–H and O–H groups in total. The van der Waals surface area contributed by atoms with Gasteiger partial charge in [-0.2, -0.15) is 0 Å². The lowest BCUT2D eigenvalue weighted by Crippen LogP contribution is -2.33. The first-order valence-electron chi connectivity index (χ1n) is 10.2. The molecule has 0 aliphatic rings. The van der Waals surface area contributed by atoms with E-state index in [1.54, 1.807) is 12.1 Å². The second kappa shape index (κ2) is 10.8. The summed E-state index contributed by atoms with van der Waals surface area (Å²) in [5.41, 5.74) is 2.35. The average molecular weight is 516 g/mol. The smallest absolute Gasteiger partial charge is 0.251 e. The van der Waals surface area contributed by atoms with Gasteiger partial charge in [0.25, 0.3) is 5.91 Å². The van der Waals surface area contributed by atoms with Crippen LogP contribution in [0.25, 0.3) is 0 Å². The normalized spacial score (nSPS) is 11.9. The maximum atomic E-state index is 12.7. The third-order valence-corrected chi connectivity index (χ3v) is 6.44. The number of hydrogen-bond acceptors (Lipinski definition) is 5. The monoisotopic (exact) mass is 515 g/mol. The number of rotatable bonds is 8. The minimum Gasteiger partial charge on any atom is -0.342 e. The van der Waals surface area contributed by atoms with Crippen LogP contribution >= 0.6 is 27.7 Å². The molecule has 1 heterocycles. The van der Waals surface area contributed by atoms with Crippen LogP contribution in [-0.4, -0.2) is 32.3 Å². The van der Waals surface area contributed by atoms with E-state index >= 15 is 0 Å². The van der Waals surface area contributed by atoms with Crippen molar-refractivity contribution >= 4 is 45.2 Å². The zero-order chi connectivity index (χ0) is 23.3. The van der Waals surface area contributed by atoms with E-state index in [2.05, 4.69) is 36.8 Å². The van der Waals surface area contributed by atoms with Crippen molar-refractivity contribution in [3.05, 3.63) is 70.0 Å². The van der Waals surface area contributed by atoms with Gasteiger partial charge in [0, 0.05) is 22.8 Å². The molecule has 1 atom stereocenters. The Labute approximate surface area is 200 Å². The van der Waals surface area contributed by atoms with Crippen molar-refractivity contribution in [2.45, 2.75) is 32.0 Å². The third-order valence-electron chi connectivity index (χ3n) is 4.93. The second-order valence-electron chi connectivity index (χ2n) is 7.76. The van der Waals surface area contributed by atoms with Gasteiger partial charge in [0.15, 0.2) is 11.0 Å². The Hall–Kier alpha value is -2.65. The van der Waals surface area contributed by atoms with Gasteiger partial charge < -0.3 is 15.2 Å². The van der Waals surface area contributed by atoms with E-state index in [4.69, 9.17) is 0 Å². The van der Waals surface area contributed by atoms with Crippen LogP contribution in [0.3, 0.4) is 0 Å². The molecular formula is C23H26BrN5O2S. The highest BCUT2D eigenvalue weighted by molar-refractivity contribution is 9.10. The number of anilines is 1. The second-order valence-corrected chi connectivity index (χ2v) is 9.62. The van der Waals surface area contributed by atoms with Crippen molar-refractivity contribution in [2.75, 3.05) is 11.1 Å². The lowest BCUT2D eigenvalue weighted by molar-refractivity contribution is -0.113. The molecule has 2 aromatic carbocycles. The molecule has 1 aromatic heterocycles. The summed E-state index contributed by atoms with van der Waals surface area (Å²) in [4.78, 5) is 25.1. The maximum absolute atomic E-state index is 12.7. The van der Waals surface area contributed by atoms with E-state index in [9.17, 15) is 9.59 Å². The number of carbonyl (C=O) groups excluding carboxylic acids is 2. The molecule has 9 heteroatoms. The minimum atomic E-state index is -0.311. The number of benzene rings is 2. The number of carbonyl (C=O) groups is 2. The Balaban J connectivity index is 1.66. The van der Waals surface area contributed by atoms with Crippen molar-refractivity contribution < 1.29 is 9.59 Å². The van der Waals surface area contributed by atoms with E-state index in [-0.39, 0.29) is 29.5 Å². The zero-order valence-electron chi connectivity index (χ0n) is 18.4. The lowest BCUT2D eigenvalue weighted by Gasteiger charge is -2.21. The van der Waals surface area contributed by atoms with Crippen molar-refractivity contribution in [1.29, 1.82) is 0 Å². The predicted octanol–water partition coefficient (Wildman–Crippen LogP) is 4.74. The molecular weight excluding hydrogens is 490 g/mol. The molecule has 0 saturated carbocycles. The Morgan fingerprint density at radius 1 is 1.12 bits per heavy atom. The molecule has 0 radical (unpaired) electrons. The molecule has 3 aromatic rings. The number of aryl methyl sites for hydroxylation is 1. The van der Waals surface area contributed by atoms with Gasteiger partial charge in [0.1, 0.15) is 0 Å². The summed E-state index contributed by atoms with van der Waals surface area (Å²) in [5, 5.41) is 15.2. The first-order chi connectivity index (χ1) is 15.3. The van der Waals surface area contributed by atoms with E-state index in [1.165, 1.54) is 11.8 Å². The topological polar surface area (TPSA) is 88.9 Å². The SMILES string of the molecule is Cc1cc(Br)ccc1NC(=O)CSc1nnc([C@H](NC(=O)c2ccccc2)C(C)C)n1C. The highest BCUT2D eigenvalue weighted by Crippen LogP contribution is 2.25. The number of hydrogen-bond donors (Lipinski definition) is 2. The molecule has 0 saturated heterocycles. The Bertz CT molecular complexity index is 1100. The minimum absolute atomic E-state index is 0.104. The van der Waals surface area contributed by atoms with Crippen LogP contribution in [0.2, 0.25) is 0 Å². The Kier molecular flexibility index (Phi) is 8.09. The summed E-state index contributed by atoms with van der Waals surface area (Å²) in [5.74, 6) is 0.668. The van der Waals surface area contributed by atoms with Gasteiger partial charge in [-0.25, -0.2) is 0 Å². The molecule has 0 spiro atoms. The molecule has 0 aliphatic carbocycles. The summed E-state index contributed by atoms with van der Waals surface area (Å²) < 4.78 is 2.80. The van der Waals surface area contributed by atoms with E-state index in [1.807, 2.05) is 68.8 Å². The molecule has 2 amide bonds. The Morgan fingerprint density at radius 2 is 1.84 bits per heavy atom. The van der Waals surface area contributed by atoms with E-state index in [0.717, 1.165) is 15.7 Å². The number of amides is 2. The largest absolute Gasteiger partial charge is 0.342 e. The maximum Gasteiger partial charge on any atom is 0.251 e. The summed E-state index contributed by atoms with van der Waals surface area (Å²) in [6.07, 6.45) is 0. The highest BCUT2D eigenvalue weighted by atomic mass is 79.9. The Morgan fingerprint density at radius 3 is 2.50 bits per heavy atom. The molecule has 0 unspecified atom stereocenters. The first-order valence-corrected chi connectivity index (χ1v) is 12.0. The number of halogens is 1. The van der Waals surface area contributed by atoms with Crippen molar-refractivity contribution in [3.8, 4) is 0 Å². The van der Waals surface area contributed by atoms with Gasteiger partial charge in [0.05, 0.1) is 11.8 Å². The fourth-order valence-corrected chi connectivity index (χ4v) is 4.34. The van der Waals surface area contributed by atoms with Crippen molar-refractivity contribution in [1.82, 2.24) is 20.1 Å². The summed E-state index contributed by atoms with van der Waals surface area (Å²) in [6.45, 7) is 5.98. The predicted molar refractivity (Wildman–Crippen MR) is 131 cm³/mol. The van der Waals surface area contributed by atoms with Crippen LogP contribution < -0.4 is 10.6 Å². The van der Waals surface area contributed by atoms with E-state index < -0.39 is 0 Å². The molecule has 3 rings (SSSR count). The molecule has 168 valence electrons. The number of aromatic nitrogens is 3. The number of thioether (sulfide) groups is 1. The highest BCUT2D eigenvalue weighted by Gasteiger charge is 2.25. The zero-order valence-corrected chi connectivity index (χ0v) is 20.8. The van der Waals surface area contributed by atoms with Gasteiger partial charge in [-0.3, -0.25) is 9.59 Å². The molecule has 32 heavy (non-hydrogen) atoms. The third kappa shape index (κ3) is 5.98. The molecule has 0 aliphatic heterocycles. The quantitative estimate of drug-likeness (QED) is 0.422. The van der Waals surface area contributed by atoms with Gasteiger partial charge >= 0.3 is 0 Å². The summed E-state index contributed by atoms with van der Waals surface area (Å²) in [6, 6.07) is 14.5. The molecule has 0 fully saturated rings. The van der Waals surface area contributed by atoms with E-state index in [0.29, 0.717) is 16.5 Å². The standard InChI is InChI=1S/C23H26BrN5O2S/c1-14(2)20(26-22(31)16-8-6-5-7-9-16)21-27-28-23(29(21)4)32-13-19(30)25-18-11-10-17(24)12-15(18)3/h5-12,14,20H,13H2,1-4H3,(H,25,30)(H,26,31)/t20-/m1/s1. The van der Waals surface area contributed by atoms with Crippen LogP contribution in [-0.2, 0) is 11.8 Å². The van der Waals surface area contributed by atoms with Crippen LogP contribution in [0.5, 0.6) is 0 Å². The lowest BCUT2D eigenvalue weighted by atomic mass is 10.0. The van der Waals surface area contributed by atoms with Gasteiger partial charge in [-0.05, 0) is 48.7 Å². The summed E-state index contributed by atoms with van der Waals surface area (Å²) in [7, 11) is 1.85. The first kappa shape index (κ1) is 24.0. The van der Waals surface area contributed by atoms with Gasteiger partial charge in [0.2, 0.25) is 5.91 Å². The van der Waals surface area contributed by atoms with Crippen LogP contribution in [0.4, 0.5) is 5.69 Å². The van der Waals surface area contributed by atoms with Gasteiger partial charge in [-0.1, -0.05) is 59.7 Å². The molecule has 7 nitrogen and oxygen atoms in total. The van der Waals surface area contributed by atoms with Crippen molar-refractivity contribution in [2.24, 2.45) is 13.0 Å². The average Bonchev–Trinajstić information content (AvgIpc) is 3.12. The van der Waals surface area contributed by atoms with Crippen LogP contribution in [0.1, 0.15) is 41.6 Å². The van der Waals surface area contributed by atoms with Gasteiger partial charge in [-0.15, -0.1) is 10.2 Å².